The summed E-state index contributed by atoms with van der Waals surface area (Å²) < 4.78 is 5.11. The number of nitrogens with zero attached hydrogens (tertiary/aromatic N) is 1. The van der Waals surface area contributed by atoms with E-state index >= 15 is 0 Å². The highest BCUT2D eigenvalue weighted by Gasteiger charge is 2.14. The summed E-state index contributed by atoms with van der Waals surface area (Å²) >= 11 is 0. The predicted octanol–water partition coefficient (Wildman–Crippen LogP) is 1.57. The van der Waals surface area contributed by atoms with Crippen LogP contribution in [0.2, 0.25) is 0 Å². The molecule has 2 N–H and O–H groups in total. The molecule has 0 amide bonds. The van der Waals surface area contributed by atoms with Gasteiger partial charge in [-0.25, -0.2) is 0 Å². The predicted molar refractivity (Wildman–Crippen MR) is 66.0 cm³/mol. The Kier molecular flexibility index (Phi) is 8.02. The summed E-state index contributed by atoms with van der Waals surface area (Å²) in [6.07, 6.45) is 0. The molecule has 1 unspecified atom stereocenters. The van der Waals surface area contributed by atoms with E-state index in [-0.39, 0.29) is 6.04 Å². The number of methoxy groups -OCH3 is 1. The van der Waals surface area contributed by atoms with Crippen LogP contribution in [-0.2, 0) is 4.74 Å². The van der Waals surface area contributed by atoms with Crippen molar-refractivity contribution in [3.05, 3.63) is 0 Å². The molecule has 0 aliphatic carbocycles. The lowest BCUT2D eigenvalue weighted by molar-refractivity contribution is 0.131. The molecule has 0 aromatic carbocycles. The molecule has 0 aliphatic heterocycles. The molecular weight excluding hydrogens is 188 g/mol. The summed E-state index contributed by atoms with van der Waals surface area (Å²) in [5.41, 5.74) is 6.08. The van der Waals surface area contributed by atoms with Gasteiger partial charge in [0.2, 0.25) is 0 Å². The van der Waals surface area contributed by atoms with Crippen molar-refractivity contribution in [2.24, 2.45) is 17.6 Å². The van der Waals surface area contributed by atoms with E-state index in [4.69, 9.17) is 10.5 Å². The number of nitrogens with two attached hydrogens (primary N) is 1. The maximum absolute atomic E-state index is 6.08. The zero-order chi connectivity index (χ0) is 11.8. The normalized spacial score (nSPS) is 14.2. The second kappa shape index (κ2) is 8.08. The number of hydrogen-bond donors (Lipinski definition) is 1. The van der Waals surface area contributed by atoms with Gasteiger partial charge in [-0.3, -0.25) is 4.90 Å². The first kappa shape index (κ1) is 14.9. The van der Waals surface area contributed by atoms with Crippen molar-refractivity contribution in [3.63, 3.8) is 0 Å². The fraction of sp³-hybridized carbons (Fsp3) is 1.00. The van der Waals surface area contributed by atoms with Crippen molar-refractivity contribution in [1.29, 1.82) is 0 Å². The van der Waals surface area contributed by atoms with Gasteiger partial charge in [0.05, 0.1) is 6.61 Å². The van der Waals surface area contributed by atoms with Gasteiger partial charge in [-0.05, 0) is 11.8 Å². The van der Waals surface area contributed by atoms with Crippen LogP contribution in [0.1, 0.15) is 27.7 Å². The quantitative estimate of drug-likeness (QED) is 0.669. The van der Waals surface area contributed by atoms with E-state index in [1.54, 1.807) is 7.11 Å². The SMILES string of the molecule is COCCN(CC(C)C)CC(N)C(C)C. The molecule has 0 aliphatic rings. The molecular formula is C12H28N2O. The van der Waals surface area contributed by atoms with Crippen LogP contribution in [0.15, 0.2) is 0 Å². The van der Waals surface area contributed by atoms with Crippen LogP contribution in [0.3, 0.4) is 0 Å². The van der Waals surface area contributed by atoms with Crippen LogP contribution >= 0.6 is 0 Å². The summed E-state index contributed by atoms with van der Waals surface area (Å²) in [6, 6.07) is 0.264. The van der Waals surface area contributed by atoms with Gasteiger partial charge in [-0.1, -0.05) is 27.7 Å². The van der Waals surface area contributed by atoms with Gasteiger partial charge in [0.1, 0.15) is 0 Å². The fourth-order valence-corrected chi connectivity index (χ4v) is 1.50. The molecule has 0 aromatic rings. The van der Waals surface area contributed by atoms with Crippen molar-refractivity contribution in [2.45, 2.75) is 33.7 Å². The summed E-state index contributed by atoms with van der Waals surface area (Å²) in [6.45, 7) is 12.7. The highest BCUT2D eigenvalue weighted by molar-refractivity contribution is 4.72. The maximum Gasteiger partial charge on any atom is 0.0589 e. The summed E-state index contributed by atoms with van der Waals surface area (Å²) in [7, 11) is 1.75. The molecule has 3 nitrogen and oxygen atoms in total. The second-order valence-electron chi connectivity index (χ2n) is 5.05. The van der Waals surface area contributed by atoms with E-state index in [1.165, 1.54) is 0 Å². The first-order valence-electron chi connectivity index (χ1n) is 5.94. The van der Waals surface area contributed by atoms with Crippen LogP contribution in [0.4, 0.5) is 0 Å². The van der Waals surface area contributed by atoms with Crippen molar-refractivity contribution in [2.75, 3.05) is 33.4 Å². The Morgan fingerprint density at radius 3 is 2.13 bits per heavy atom. The topological polar surface area (TPSA) is 38.5 Å². The molecule has 15 heavy (non-hydrogen) atoms. The first-order chi connectivity index (χ1) is 6.97. The van der Waals surface area contributed by atoms with Crippen molar-refractivity contribution >= 4 is 0 Å². The summed E-state index contributed by atoms with van der Waals surface area (Å²) in [5.74, 6) is 1.23. The Bertz CT molecular complexity index is 149. The van der Waals surface area contributed by atoms with Crippen molar-refractivity contribution in [3.8, 4) is 0 Å². The third-order valence-electron chi connectivity index (χ3n) is 2.56. The molecule has 1 atom stereocenters. The molecule has 92 valence electrons. The largest absolute Gasteiger partial charge is 0.383 e. The standard InChI is InChI=1S/C12H28N2O/c1-10(2)8-14(6-7-15-5)9-12(13)11(3)4/h10-12H,6-9,13H2,1-5H3. The minimum Gasteiger partial charge on any atom is -0.383 e. The minimum atomic E-state index is 0.264. The van der Waals surface area contributed by atoms with Crippen LogP contribution in [0.25, 0.3) is 0 Å². The third-order valence-corrected chi connectivity index (χ3v) is 2.56. The van der Waals surface area contributed by atoms with Gasteiger partial charge >= 0.3 is 0 Å². The monoisotopic (exact) mass is 216 g/mol. The lowest BCUT2D eigenvalue weighted by Crippen LogP contribution is -2.43. The zero-order valence-electron chi connectivity index (χ0n) is 11.0. The first-order valence-corrected chi connectivity index (χ1v) is 5.94. The van der Waals surface area contributed by atoms with Gasteiger partial charge in [0, 0.05) is 32.8 Å². The number of ether oxygens (including phenoxy) is 1. The van der Waals surface area contributed by atoms with E-state index in [9.17, 15) is 0 Å². The average molecular weight is 216 g/mol. The van der Waals surface area contributed by atoms with E-state index in [1.807, 2.05) is 0 Å². The second-order valence-corrected chi connectivity index (χ2v) is 5.05. The summed E-state index contributed by atoms with van der Waals surface area (Å²) in [5, 5.41) is 0. The van der Waals surface area contributed by atoms with Gasteiger partial charge in [-0.15, -0.1) is 0 Å². The van der Waals surface area contributed by atoms with E-state index in [0.29, 0.717) is 11.8 Å². The number of rotatable bonds is 8. The Hall–Kier alpha value is -0.120. The summed E-state index contributed by atoms with van der Waals surface area (Å²) in [4.78, 5) is 2.40. The molecule has 0 saturated heterocycles. The van der Waals surface area contributed by atoms with Crippen LogP contribution < -0.4 is 5.73 Å². The molecule has 0 radical (unpaired) electrons. The van der Waals surface area contributed by atoms with E-state index in [2.05, 4.69) is 32.6 Å². The van der Waals surface area contributed by atoms with Crippen LogP contribution in [0, 0.1) is 11.8 Å². The lowest BCUT2D eigenvalue weighted by Gasteiger charge is -2.28. The smallest absolute Gasteiger partial charge is 0.0589 e. The number of hydrogen-bond acceptors (Lipinski definition) is 3. The highest BCUT2D eigenvalue weighted by atomic mass is 16.5. The fourth-order valence-electron chi connectivity index (χ4n) is 1.50. The van der Waals surface area contributed by atoms with Crippen LogP contribution in [0.5, 0.6) is 0 Å². The molecule has 0 rings (SSSR count). The molecule has 0 bridgehead atoms. The molecule has 0 saturated carbocycles. The highest BCUT2D eigenvalue weighted by Crippen LogP contribution is 2.04. The van der Waals surface area contributed by atoms with E-state index < -0.39 is 0 Å². The Morgan fingerprint density at radius 2 is 1.73 bits per heavy atom. The minimum absolute atomic E-state index is 0.264. The zero-order valence-corrected chi connectivity index (χ0v) is 11.0. The molecule has 0 fully saturated rings. The van der Waals surface area contributed by atoms with Gasteiger partial charge in [0.15, 0.2) is 0 Å². The van der Waals surface area contributed by atoms with E-state index in [0.717, 1.165) is 26.2 Å². The van der Waals surface area contributed by atoms with Crippen molar-refractivity contribution < 1.29 is 4.74 Å². The maximum atomic E-state index is 6.08. The third kappa shape index (κ3) is 7.77. The molecule has 3 heteroatoms. The molecule has 0 aromatic heterocycles. The Morgan fingerprint density at radius 1 is 1.13 bits per heavy atom. The van der Waals surface area contributed by atoms with Gasteiger partial charge in [-0.2, -0.15) is 0 Å². The Balaban J connectivity index is 3.99. The molecule has 0 heterocycles. The average Bonchev–Trinajstić information content (AvgIpc) is 2.13. The van der Waals surface area contributed by atoms with Crippen LogP contribution in [-0.4, -0.2) is 44.3 Å². The Labute approximate surface area is 95.0 Å². The van der Waals surface area contributed by atoms with Crippen molar-refractivity contribution in [1.82, 2.24) is 4.90 Å². The van der Waals surface area contributed by atoms with Gasteiger partial charge < -0.3 is 10.5 Å². The van der Waals surface area contributed by atoms with Gasteiger partial charge in [0.25, 0.3) is 0 Å². The molecule has 0 spiro atoms. The lowest BCUT2D eigenvalue weighted by atomic mass is 10.0.